The summed E-state index contributed by atoms with van der Waals surface area (Å²) < 4.78 is 23.6. The van der Waals surface area contributed by atoms with Crippen LogP contribution in [0.15, 0.2) is 29.3 Å². The Bertz CT molecular complexity index is 975. The SMILES string of the molecule is CCc1ccc(NC(=O)c2nc(N3CCCC3)ncc2Cl)cc1S(N)(=O)=O. The average Bonchev–Trinajstić information content (AvgIpc) is 3.16. The molecule has 2 aromatic rings. The van der Waals surface area contributed by atoms with Gasteiger partial charge in [-0.3, -0.25) is 4.79 Å². The van der Waals surface area contributed by atoms with E-state index in [1.54, 1.807) is 12.1 Å². The predicted molar refractivity (Wildman–Crippen MR) is 104 cm³/mol. The topological polar surface area (TPSA) is 118 Å². The molecule has 1 aliphatic heterocycles. The second-order valence-corrected chi connectivity index (χ2v) is 8.17. The smallest absolute Gasteiger partial charge is 0.276 e. The first-order valence-electron chi connectivity index (χ1n) is 8.54. The zero-order valence-corrected chi connectivity index (χ0v) is 16.3. The van der Waals surface area contributed by atoms with E-state index in [9.17, 15) is 13.2 Å². The number of benzene rings is 1. The van der Waals surface area contributed by atoms with E-state index in [1.165, 1.54) is 12.3 Å². The van der Waals surface area contributed by atoms with Gasteiger partial charge >= 0.3 is 0 Å². The number of halogens is 1. The molecule has 1 amide bonds. The molecule has 0 atom stereocenters. The third-order valence-corrected chi connectivity index (χ3v) is 5.62. The zero-order valence-electron chi connectivity index (χ0n) is 14.8. The molecule has 2 heterocycles. The number of nitrogens with two attached hydrogens (primary N) is 1. The van der Waals surface area contributed by atoms with Crippen LogP contribution < -0.4 is 15.4 Å². The first kappa shape index (κ1) is 19.5. The van der Waals surface area contributed by atoms with Crippen molar-refractivity contribution in [1.82, 2.24) is 9.97 Å². The quantitative estimate of drug-likeness (QED) is 0.781. The maximum Gasteiger partial charge on any atom is 0.276 e. The van der Waals surface area contributed by atoms with Crippen molar-refractivity contribution >= 4 is 39.2 Å². The van der Waals surface area contributed by atoms with E-state index in [-0.39, 0.29) is 15.6 Å². The number of carbonyl (C=O) groups excluding carboxylic acids is 1. The molecule has 1 fully saturated rings. The molecule has 0 saturated carbocycles. The van der Waals surface area contributed by atoms with Crippen molar-refractivity contribution in [1.29, 1.82) is 0 Å². The van der Waals surface area contributed by atoms with E-state index in [4.69, 9.17) is 16.7 Å². The van der Waals surface area contributed by atoms with Crippen LogP contribution in [-0.4, -0.2) is 37.4 Å². The summed E-state index contributed by atoms with van der Waals surface area (Å²) in [6.45, 7) is 3.49. The zero-order chi connectivity index (χ0) is 19.6. The highest BCUT2D eigenvalue weighted by Crippen LogP contribution is 2.23. The van der Waals surface area contributed by atoms with Gasteiger partial charge in [-0.25, -0.2) is 23.5 Å². The van der Waals surface area contributed by atoms with Crippen LogP contribution >= 0.6 is 11.6 Å². The molecule has 1 saturated heterocycles. The third-order valence-electron chi connectivity index (χ3n) is 4.35. The van der Waals surface area contributed by atoms with Crippen LogP contribution in [0.4, 0.5) is 11.6 Å². The molecule has 10 heteroatoms. The van der Waals surface area contributed by atoms with Crippen LogP contribution in [0, 0.1) is 0 Å². The molecule has 144 valence electrons. The van der Waals surface area contributed by atoms with Gasteiger partial charge in [-0.2, -0.15) is 0 Å². The van der Waals surface area contributed by atoms with Crippen LogP contribution in [-0.2, 0) is 16.4 Å². The maximum absolute atomic E-state index is 12.6. The van der Waals surface area contributed by atoms with Gasteiger partial charge in [0.05, 0.1) is 16.1 Å². The Morgan fingerprint density at radius 2 is 2.04 bits per heavy atom. The second kappa shape index (κ2) is 7.79. The number of rotatable bonds is 5. The van der Waals surface area contributed by atoms with Crippen molar-refractivity contribution in [3.8, 4) is 0 Å². The summed E-state index contributed by atoms with van der Waals surface area (Å²) in [4.78, 5) is 23.1. The molecule has 27 heavy (non-hydrogen) atoms. The molecule has 0 bridgehead atoms. The molecule has 1 aliphatic rings. The fourth-order valence-corrected chi connectivity index (χ4v) is 4.01. The van der Waals surface area contributed by atoms with E-state index in [0.29, 0.717) is 23.6 Å². The van der Waals surface area contributed by atoms with Crippen molar-refractivity contribution in [2.24, 2.45) is 5.14 Å². The van der Waals surface area contributed by atoms with Crippen LogP contribution in [0.1, 0.15) is 35.8 Å². The Morgan fingerprint density at radius 1 is 1.33 bits per heavy atom. The minimum absolute atomic E-state index is 0.0191. The van der Waals surface area contributed by atoms with Gasteiger partial charge in [-0.05, 0) is 37.0 Å². The number of aryl methyl sites for hydroxylation is 1. The van der Waals surface area contributed by atoms with Crippen molar-refractivity contribution in [3.63, 3.8) is 0 Å². The summed E-state index contributed by atoms with van der Waals surface area (Å²) in [5.74, 6) is -0.0962. The summed E-state index contributed by atoms with van der Waals surface area (Å²) in [6.07, 6.45) is 3.99. The number of sulfonamides is 1. The Kier molecular flexibility index (Phi) is 5.64. The molecule has 0 aliphatic carbocycles. The molecule has 1 aromatic heterocycles. The van der Waals surface area contributed by atoms with Crippen molar-refractivity contribution in [3.05, 3.63) is 40.7 Å². The third kappa shape index (κ3) is 4.37. The number of anilines is 2. The molecule has 3 N–H and O–H groups in total. The van der Waals surface area contributed by atoms with Gasteiger partial charge in [0.15, 0.2) is 5.69 Å². The van der Waals surface area contributed by atoms with Gasteiger partial charge in [0.25, 0.3) is 5.91 Å². The normalized spacial score (nSPS) is 14.4. The van der Waals surface area contributed by atoms with Crippen LogP contribution in [0.2, 0.25) is 5.02 Å². The van der Waals surface area contributed by atoms with Gasteiger partial charge in [-0.15, -0.1) is 0 Å². The summed E-state index contributed by atoms with van der Waals surface area (Å²) in [5, 5.41) is 8.02. The number of aromatic nitrogens is 2. The molecule has 0 unspecified atom stereocenters. The van der Waals surface area contributed by atoms with Gasteiger partial charge in [-0.1, -0.05) is 24.6 Å². The highest BCUT2D eigenvalue weighted by Gasteiger charge is 2.21. The lowest BCUT2D eigenvalue weighted by Gasteiger charge is -2.16. The lowest BCUT2D eigenvalue weighted by Crippen LogP contribution is -2.23. The Balaban J connectivity index is 1.88. The van der Waals surface area contributed by atoms with Crippen molar-refractivity contribution < 1.29 is 13.2 Å². The first-order valence-corrected chi connectivity index (χ1v) is 10.5. The Morgan fingerprint density at radius 3 is 2.67 bits per heavy atom. The average molecular weight is 410 g/mol. The molecule has 1 aromatic carbocycles. The van der Waals surface area contributed by atoms with E-state index < -0.39 is 15.9 Å². The summed E-state index contributed by atoms with van der Waals surface area (Å²) >= 11 is 6.10. The van der Waals surface area contributed by atoms with Crippen LogP contribution in [0.5, 0.6) is 0 Å². The van der Waals surface area contributed by atoms with Gasteiger partial charge < -0.3 is 10.2 Å². The maximum atomic E-state index is 12.6. The largest absolute Gasteiger partial charge is 0.341 e. The number of primary sulfonamides is 1. The number of hydrogen-bond donors (Lipinski definition) is 2. The lowest BCUT2D eigenvalue weighted by atomic mass is 10.1. The summed E-state index contributed by atoms with van der Waals surface area (Å²) in [7, 11) is -3.90. The number of carbonyl (C=O) groups is 1. The van der Waals surface area contributed by atoms with E-state index in [2.05, 4.69) is 15.3 Å². The minimum Gasteiger partial charge on any atom is -0.341 e. The number of nitrogens with one attached hydrogen (secondary N) is 1. The van der Waals surface area contributed by atoms with E-state index in [0.717, 1.165) is 25.9 Å². The molecular weight excluding hydrogens is 390 g/mol. The number of nitrogens with zero attached hydrogens (tertiary/aromatic N) is 3. The standard InChI is InChI=1S/C17H20ClN5O3S/c1-2-11-5-6-12(9-14(11)27(19,25)26)21-16(24)15-13(18)10-20-17(22-15)23-7-3-4-8-23/h5-6,9-10H,2-4,7-8H2,1H3,(H,21,24)(H2,19,25,26). The van der Waals surface area contributed by atoms with E-state index >= 15 is 0 Å². The second-order valence-electron chi connectivity index (χ2n) is 6.24. The summed E-state index contributed by atoms with van der Waals surface area (Å²) in [6, 6.07) is 4.57. The van der Waals surface area contributed by atoms with Crippen molar-refractivity contribution in [2.45, 2.75) is 31.1 Å². The molecule has 8 nitrogen and oxygen atoms in total. The lowest BCUT2D eigenvalue weighted by molar-refractivity contribution is 0.102. The Hall–Kier alpha value is -2.23. The highest BCUT2D eigenvalue weighted by atomic mass is 35.5. The van der Waals surface area contributed by atoms with Crippen molar-refractivity contribution in [2.75, 3.05) is 23.3 Å². The molecule has 0 spiro atoms. The first-order chi connectivity index (χ1) is 12.8. The monoisotopic (exact) mass is 409 g/mol. The van der Waals surface area contributed by atoms with Gasteiger partial charge in [0.1, 0.15) is 0 Å². The van der Waals surface area contributed by atoms with E-state index in [1.807, 2.05) is 11.8 Å². The molecular formula is C17H20ClN5O3S. The number of amides is 1. The van der Waals surface area contributed by atoms with Crippen LogP contribution in [0.25, 0.3) is 0 Å². The Labute approximate surface area is 162 Å². The summed E-state index contributed by atoms with van der Waals surface area (Å²) in [5.41, 5.74) is 0.899. The predicted octanol–water partition coefficient (Wildman–Crippen LogP) is 2.19. The fraction of sp³-hybridized carbons (Fsp3) is 0.353. The molecule has 3 rings (SSSR count). The highest BCUT2D eigenvalue weighted by molar-refractivity contribution is 7.89. The van der Waals surface area contributed by atoms with Gasteiger partial charge in [0.2, 0.25) is 16.0 Å². The fourth-order valence-electron chi connectivity index (χ4n) is 2.97. The molecule has 0 radical (unpaired) electrons. The number of hydrogen-bond acceptors (Lipinski definition) is 6. The van der Waals surface area contributed by atoms with Gasteiger partial charge in [0, 0.05) is 18.8 Å². The minimum atomic E-state index is -3.90. The van der Waals surface area contributed by atoms with Crippen LogP contribution in [0.3, 0.4) is 0 Å².